The third kappa shape index (κ3) is 6.94. The molecule has 8 nitrogen and oxygen atoms in total. The van der Waals surface area contributed by atoms with E-state index in [1.807, 2.05) is 26.8 Å². The van der Waals surface area contributed by atoms with Crippen molar-refractivity contribution in [1.82, 2.24) is 15.5 Å². The van der Waals surface area contributed by atoms with Gasteiger partial charge in [0.1, 0.15) is 5.82 Å². The molecule has 34 heavy (non-hydrogen) atoms. The molecular weight excluding hydrogens is 437 g/mol. The molecule has 0 bridgehead atoms. The molecule has 0 spiro atoms. The molecule has 0 aromatic heterocycles. The molecule has 1 heterocycles. The van der Waals surface area contributed by atoms with E-state index in [9.17, 15) is 18.8 Å². The summed E-state index contributed by atoms with van der Waals surface area (Å²) in [6.45, 7) is 9.63. The molecule has 0 atom stereocenters. The molecule has 3 N–H and O–H groups in total. The Hall–Kier alpha value is -3.62. The number of urea groups is 1. The Bertz CT molecular complexity index is 1040. The van der Waals surface area contributed by atoms with Gasteiger partial charge in [0, 0.05) is 56.6 Å². The average molecular weight is 470 g/mol. The van der Waals surface area contributed by atoms with Gasteiger partial charge in [-0.25, -0.2) is 9.18 Å². The van der Waals surface area contributed by atoms with Gasteiger partial charge in [-0.1, -0.05) is 12.1 Å². The molecule has 1 saturated heterocycles. The third-order valence-corrected chi connectivity index (χ3v) is 5.32. The SMILES string of the molecule is CC(=O)Nc1ccc(N2CCN(C(=O)NC(C)(C)C)CC2)c(C(=O)NCc2ccc(F)cc2)c1. The fourth-order valence-electron chi connectivity index (χ4n) is 3.70. The van der Waals surface area contributed by atoms with E-state index in [4.69, 9.17) is 0 Å². The fraction of sp³-hybridized carbons (Fsp3) is 0.400. The number of amides is 4. The summed E-state index contributed by atoms with van der Waals surface area (Å²) in [5.74, 6) is -0.876. The highest BCUT2D eigenvalue weighted by atomic mass is 19.1. The molecule has 9 heteroatoms. The molecule has 2 aromatic carbocycles. The molecule has 182 valence electrons. The molecule has 1 fully saturated rings. The Morgan fingerprint density at radius 2 is 1.62 bits per heavy atom. The normalized spacial score (nSPS) is 13.9. The van der Waals surface area contributed by atoms with Crippen molar-refractivity contribution in [2.45, 2.75) is 39.8 Å². The van der Waals surface area contributed by atoms with Gasteiger partial charge in [-0.2, -0.15) is 0 Å². The molecule has 0 unspecified atom stereocenters. The van der Waals surface area contributed by atoms with Gasteiger partial charge in [0.25, 0.3) is 5.91 Å². The van der Waals surface area contributed by atoms with Crippen molar-refractivity contribution in [3.63, 3.8) is 0 Å². The number of carbonyl (C=O) groups is 3. The molecule has 3 rings (SSSR count). The van der Waals surface area contributed by atoms with Crippen molar-refractivity contribution in [1.29, 1.82) is 0 Å². The first kappa shape index (κ1) is 25.0. The van der Waals surface area contributed by atoms with Crippen LogP contribution in [0, 0.1) is 5.82 Å². The fourth-order valence-corrected chi connectivity index (χ4v) is 3.70. The zero-order valence-electron chi connectivity index (χ0n) is 20.1. The number of hydrogen-bond acceptors (Lipinski definition) is 4. The van der Waals surface area contributed by atoms with Crippen molar-refractivity contribution in [3.8, 4) is 0 Å². The number of piperazine rings is 1. The zero-order valence-corrected chi connectivity index (χ0v) is 20.1. The minimum atomic E-state index is -0.337. The van der Waals surface area contributed by atoms with E-state index in [-0.39, 0.29) is 35.7 Å². The predicted molar refractivity (Wildman–Crippen MR) is 130 cm³/mol. The number of benzene rings is 2. The quantitative estimate of drug-likeness (QED) is 0.626. The summed E-state index contributed by atoms with van der Waals surface area (Å²) in [5, 5.41) is 8.56. The van der Waals surface area contributed by atoms with Gasteiger partial charge in [0.15, 0.2) is 0 Å². The summed E-state index contributed by atoms with van der Waals surface area (Å²) in [7, 11) is 0. The Balaban J connectivity index is 1.75. The highest BCUT2D eigenvalue weighted by Gasteiger charge is 2.26. The molecule has 2 aromatic rings. The van der Waals surface area contributed by atoms with E-state index in [0.29, 0.717) is 37.4 Å². The van der Waals surface area contributed by atoms with Crippen molar-refractivity contribution >= 4 is 29.2 Å². The lowest BCUT2D eigenvalue weighted by atomic mass is 10.1. The maximum atomic E-state index is 13.2. The molecule has 4 amide bonds. The second kappa shape index (κ2) is 10.5. The van der Waals surface area contributed by atoms with Crippen molar-refractivity contribution < 1.29 is 18.8 Å². The molecule has 0 aliphatic carbocycles. The maximum absolute atomic E-state index is 13.2. The minimum Gasteiger partial charge on any atom is -0.367 e. The van der Waals surface area contributed by atoms with Gasteiger partial charge in [0.2, 0.25) is 5.91 Å². The van der Waals surface area contributed by atoms with Crippen LogP contribution >= 0.6 is 0 Å². The van der Waals surface area contributed by atoms with E-state index in [1.165, 1.54) is 19.1 Å². The Morgan fingerprint density at radius 1 is 0.971 bits per heavy atom. The van der Waals surface area contributed by atoms with Crippen LogP contribution in [0.1, 0.15) is 43.6 Å². The zero-order chi connectivity index (χ0) is 24.9. The topological polar surface area (TPSA) is 93.8 Å². The van der Waals surface area contributed by atoms with Crippen LogP contribution in [-0.2, 0) is 11.3 Å². The van der Waals surface area contributed by atoms with E-state index in [1.54, 1.807) is 29.2 Å². The van der Waals surface area contributed by atoms with E-state index in [0.717, 1.165) is 11.3 Å². The lowest BCUT2D eigenvalue weighted by molar-refractivity contribution is -0.114. The van der Waals surface area contributed by atoms with Crippen LogP contribution in [0.2, 0.25) is 0 Å². The second-order valence-corrected chi connectivity index (χ2v) is 9.38. The lowest BCUT2D eigenvalue weighted by Gasteiger charge is -2.38. The van der Waals surface area contributed by atoms with Gasteiger partial charge < -0.3 is 25.8 Å². The van der Waals surface area contributed by atoms with Crippen LogP contribution in [0.25, 0.3) is 0 Å². The summed E-state index contributed by atoms with van der Waals surface area (Å²) < 4.78 is 13.2. The number of nitrogens with one attached hydrogen (secondary N) is 3. The summed E-state index contributed by atoms with van der Waals surface area (Å²) >= 11 is 0. The first-order valence-electron chi connectivity index (χ1n) is 11.3. The average Bonchev–Trinajstić information content (AvgIpc) is 2.77. The highest BCUT2D eigenvalue weighted by molar-refractivity contribution is 6.02. The summed E-state index contributed by atoms with van der Waals surface area (Å²) in [6.07, 6.45) is 0. The first-order chi connectivity index (χ1) is 16.0. The number of hydrogen-bond donors (Lipinski definition) is 3. The van der Waals surface area contributed by atoms with E-state index < -0.39 is 0 Å². The second-order valence-electron chi connectivity index (χ2n) is 9.38. The number of halogens is 1. The number of nitrogens with zero attached hydrogens (tertiary/aromatic N) is 2. The molecule has 0 saturated carbocycles. The van der Waals surface area contributed by atoms with Crippen molar-refractivity contribution in [2.24, 2.45) is 0 Å². The van der Waals surface area contributed by atoms with E-state index >= 15 is 0 Å². The minimum absolute atomic E-state index is 0.106. The lowest BCUT2D eigenvalue weighted by Crippen LogP contribution is -2.55. The predicted octanol–water partition coefficient (Wildman–Crippen LogP) is 3.34. The summed E-state index contributed by atoms with van der Waals surface area (Å²) in [5.41, 5.74) is 2.12. The van der Waals surface area contributed by atoms with Crippen molar-refractivity contribution in [3.05, 3.63) is 59.4 Å². The number of rotatable bonds is 5. The standard InChI is InChI=1S/C25H32FN5O3/c1-17(32)28-20-9-10-22(30-11-13-31(14-12-30)24(34)29-25(2,3)4)21(15-20)23(33)27-16-18-5-7-19(26)8-6-18/h5-10,15H,11-14,16H2,1-4H3,(H,27,33)(H,28,32)(H,29,34). The number of carbonyl (C=O) groups excluding carboxylic acids is 3. The maximum Gasteiger partial charge on any atom is 0.317 e. The van der Waals surface area contributed by atoms with Crippen LogP contribution < -0.4 is 20.9 Å². The Kier molecular flexibility index (Phi) is 7.75. The molecule has 0 radical (unpaired) electrons. The monoisotopic (exact) mass is 469 g/mol. The third-order valence-electron chi connectivity index (χ3n) is 5.32. The molecule has 1 aliphatic heterocycles. The Morgan fingerprint density at radius 3 is 2.21 bits per heavy atom. The van der Waals surface area contributed by atoms with Crippen LogP contribution in [0.15, 0.2) is 42.5 Å². The number of anilines is 2. The first-order valence-corrected chi connectivity index (χ1v) is 11.3. The molecular formula is C25H32FN5O3. The van der Waals surface area contributed by atoms with Gasteiger partial charge in [-0.05, 0) is 56.7 Å². The van der Waals surface area contributed by atoms with Crippen LogP contribution in [0.4, 0.5) is 20.6 Å². The van der Waals surface area contributed by atoms with Gasteiger partial charge in [0.05, 0.1) is 5.56 Å². The van der Waals surface area contributed by atoms with Crippen molar-refractivity contribution in [2.75, 3.05) is 36.4 Å². The smallest absolute Gasteiger partial charge is 0.317 e. The Labute approximate surface area is 199 Å². The van der Waals surface area contributed by atoms with E-state index in [2.05, 4.69) is 20.9 Å². The van der Waals surface area contributed by atoms with Crippen LogP contribution in [0.5, 0.6) is 0 Å². The largest absolute Gasteiger partial charge is 0.367 e. The summed E-state index contributed by atoms with van der Waals surface area (Å²) in [4.78, 5) is 41.0. The van der Waals surface area contributed by atoms with Crippen LogP contribution in [0.3, 0.4) is 0 Å². The summed E-state index contributed by atoms with van der Waals surface area (Å²) in [6, 6.07) is 11.0. The highest BCUT2D eigenvalue weighted by Crippen LogP contribution is 2.26. The van der Waals surface area contributed by atoms with Crippen LogP contribution in [-0.4, -0.2) is 54.5 Å². The van der Waals surface area contributed by atoms with Gasteiger partial charge >= 0.3 is 6.03 Å². The van der Waals surface area contributed by atoms with Gasteiger partial charge in [-0.15, -0.1) is 0 Å². The van der Waals surface area contributed by atoms with Gasteiger partial charge in [-0.3, -0.25) is 9.59 Å². The molecule has 1 aliphatic rings.